The standard InChI is InChI=1S/C16H12ClF3N2O4/c1-9(26-14-5-3-2-4-13(14)22(24)25)15(23)21-12-8-10(16(18,19)20)6-7-11(12)17/h2-9H,1H3,(H,21,23). The normalized spacial score (nSPS) is 12.3. The van der Waals surface area contributed by atoms with Gasteiger partial charge in [-0.25, -0.2) is 0 Å². The average molecular weight is 389 g/mol. The molecule has 6 nitrogen and oxygen atoms in total. The summed E-state index contributed by atoms with van der Waals surface area (Å²) in [6.07, 6.45) is -5.82. The fraction of sp³-hybridized carbons (Fsp3) is 0.188. The number of para-hydroxylation sites is 2. The molecule has 0 aliphatic heterocycles. The number of rotatable bonds is 5. The molecule has 1 amide bonds. The van der Waals surface area contributed by atoms with Gasteiger partial charge in [0.2, 0.25) is 0 Å². The van der Waals surface area contributed by atoms with Gasteiger partial charge < -0.3 is 10.1 Å². The summed E-state index contributed by atoms with van der Waals surface area (Å²) in [5.74, 6) is -0.959. The number of anilines is 1. The van der Waals surface area contributed by atoms with E-state index in [9.17, 15) is 28.1 Å². The zero-order chi connectivity index (χ0) is 19.5. The molecule has 0 fully saturated rings. The number of hydrogen-bond acceptors (Lipinski definition) is 4. The zero-order valence-electron chi connectivity index (χ0n) is 13.2. The molecule has 0 radical (unpaired) electrons. The van der Waals surface area contributed by atoms with Crippen molar-refractivity contribution in [2.75, 3.05) is 5.32 Å². The number of hydrogen-bond donors (Lipinski definition) is 1. The Morgan fingerprint density at radius 1 is 1.27 bits per heavy atom. The molecule has 0 aliphatic carbocycles. The van der Waals surface area contributed by atoms with Crippen molar-refractivity contribution in [3.05, 3.63) is 63.2 Å². The van der Waals surface area contributed by atoms with Crippen LogP contribution in [-0.2, 0) is 11.0 Å². The van der Waals surface area contributed by atoms with Gasteiger partial charge in [0.25, 0.3) is 5.91 Å². The van der Waals surface area contributed by atoms with E-state index in [1.807, 2.05) is 0 Å². The second kappa shape index (κ2) is 7.61. The number of ether oxygens (including phenoxy) is 1. The lowest BCUT2D eigenvalue weighted by molar-refractivity contribution is -0.386. The maximum absolute atomic E-state index is 12.8. The molecule has 0 bridgehead atoms. The van der Waals surface area contributed by atoms with Gasteiger partial charge >= 0.3 is 11.9 Å². The molecule has 0 saturated heterocycles. The molecule has 0 spiro atoms. The van der Waals surface area contributed by atoms with E-state index in [2.05, 4.69) is 5.32 Å². The number of nitrogens with zero attached hydrogens (tertiary/aromatic N) is 1. The van der Waals surface area contributed by atoms with Crippen molar-refractivity contribution in [2.24, 2.45) is 0 Å². The van der Waals surface area contributed by atoms with Gasteiger partial charge in [-0.15, -0.1) is 0 Å². The Morgan fingerprint density at radius 3 is 2.54 bits per heavy atom. The molecule has 0 saturated carbocycles. The van der Waals surface area contributed by atoms with Crippen molar-refractivity contribution in [1.29, 1.82) is 0 Å². The number of benzene rings is 2. The largest absolute Gasteiger partial charge is 0.474 e. The Kier molecular flexibility index (Phi) is 5.71. The Morgan fingerprint density at radius 2 is 1.92 bits per heavy atom. The predicted octanol–water partition coefficient (Wildman–Crippen LogP) is 4.67. The van der Waals surface area contributed by atoms with Gasteiger partial charge in [-0.2, -0.15) is 13.2 Å². The van der Waals surface area contributed by atoms with E-state index in [0.717, 1.165) is 12.1 Å². The highest BCUT2D eigenvalue weighted by Crippen LogP contribution is 2.34. The van der Waals surface area contributed by atoms with Gasteiger partial charge in [0, 0.05) is 6.07 Å². The Labute approximate surface area is 150 Å². The third-order valence-corrected chi connectivity index (χ3v) is 3.62. The summed E-state index contributed by atoms with van der Waals surface area (Å²) in [7, 11) is 0. The topological polar surface area (TPSA) is 81.5 Å². The summed E-state index contributed by atoms with van der Waals surface area (Å²) in [5.41, 5.74) is -1.57. The van der Waals surface area contributed by atoms with E-state index < -0.39 is 28.7 Å². The number of nitrogens with one attached hydrogen (secondary N) is 1. The number of nitro benzene ring substituents is 1. The Balaban J connectivity index is 2.17. The van der Waals surface area contributed by atoms with Crippen molar-refractivity contribution in [2.45, 2.75) is 19.2 Å². The first-order valence-electron chi connectivity index (χ1n) is 7.17. The summed E-state index contributed by atoms with van der Waals surface area (Å²) in [6, 6.07) is 7.90. The lowest BCUT2D eigenvalue weighted by atomic mass is 10.2. The van der Waals surface area contributed by atoms with Gasteiger partial charge in [0.15, 0.2) is 11.9 Å². The minimum Gasteiger partial charge on any atom is -0.474 e. The highest BCUT2D eigenvalue weighted by atomic mass is 35.5. The van der Waals surface area contributed by atoms with Gasteiger partial charge in [-0.05, 0) is 31.2 Å². The average Bonchev–Trinajstić information content (AvgIpc) is 2.56. The molecule has 26 heavy (non-hydrogen) atoms. The van der Waals surface area contributed by atoms with Crippen LogP contribution in [0.15, 0.2) is 42.5 Å². The van der Waals surface area contributed by atoms with Crippen LogP contribution in [0.1, 0.15) is 12.5 Å². The first-order valence-corrected chi connectivity index (χ1v) is 7.55. The number of alkyl halides is 3. The minimum absolute atomic E-state index is 0.0933. The van der Waals surface area contributed by atoms with Crippen molar-refractivity contribution < 1.29 is 27.6 Å². The van der Waals surface area contributed by atoms with E-state index in [1.165, 1.54) is 31.2 Å². The van der Waals surface area contributed by atoms with Crippen molar-refractivity contribution in [3.63, 3.8) is 0 Å². The van der Waals surface area contributed by atoms with Crippen LogP contribution >= 0.6 is 11.6 Å². The maximum Gasteiger partial charge on any atom is 0.416 e. The van der Waals surface area contributed by atoms with Crippen LogP contribution in [0, 0.1) is 10.1 Å². The number of amides is 1. The second-order valence-corrected chi connectivity index (χ2v) is 5.57. The number of carbonyl (C=O) groups is 1. The summed E-state index contributed by atoms with van der Waals surface area (Å²) in [6.45, 7) is 1.30. The van der Waals surface area contributed by atoms with Crippen LogP contribution in [0.25, 0.3) is 0 Å². The van der Waals surface area contributed by atoms with Crippen molar-refractivity contribution in [3.8, 4) is 5.75 Å². The molecule has 138 valence electrons. The van der Waals surface area contributed by atoms with Crippen LogP contribution in [0.5, 0.6) is 5.75 Å². The van der Waals surface area contributed by atoms with Gasteiger partial charge in [0.1, 0.15) is 0 Å². The van der Waals surface area contributed by atoms with Gasteiger partial charge in [0.05, 0.1) is 21.2 Å². The molecule has 0 aromatic heterocycles. The summed E-state index contributed by atoms with van der Waals surface area (Å²) >= 11 is 5.81. The molecule has 10 heteroatoms. The highest BCUT2D eigenvalue weighted by Gasteiger charge is 2.31. The monoisotopic (exact) mass is 388 g/mol. The molecular formula is C16H12ClF3N2O4. The summed E-state index contributed by atoms with van der Waals surface area (Å²) < 4.78 is 43.5. The van der Waals surface area contributed by atoms with Gasteiger partial charge in [-0.1, -0.05) is 23.7 Å². The van der Waals surface area contributed by atoms with E-state index in [4.69, 9.17) is 16.3 Å². The number of carbonyl (C=O) groups excluding carboxylic acids is 1. The van der Waals surface area contributed by atoms with Crippen LogP contribution < -0.4 is 10.1 Å². The summed E-state index contributed by atoms with van der Waals surface area (Å²) in [4.78, 5) is 22.4. The van der Waals surface area contributed by atoms with E-state index >= 15 is 0 Å². The minimum atomic E-state index is -4.60. The van der Waals surface area contributed by atoms with Crippen LogP contribution in [0.3, 0.4) is 0 Å². The quantitative estimate of drug-likeness (QED) is 0.596. The lowest BCUT2D eigenvalue weighted by Crippen LogP contribution is -2.30. The predicted molar refractivity (Wildman–Crippen MR) is 88.3 cm³/mol. The fourth-order valence-electron chi connectivity index (χ4n) is 1.98. The second-order valence-electron chi connectivity index (χ2n) is 5.17. The molecule has 0 aliphatic rings. The smallest absolute Gasteiger partial charge is 0.416 e. The molecule has 1 N–H and O–H groups in total. The van der Waals surface area contributed by atoms with Crippen molar-refractivity contribution >= 4 is 28.9 Å². The maximum atomic E-state index is 12.8. The first-order chi connectivity index (χ1) is 12.1. The first kappa shape index (κ1) is 19.5. The fourth-order valence-corrected chi connectivity index (χ4v) is 2.15. The van der Waals surface area contributed by atoms with Crippen molar-refractivity contribution in [1.82, 2.24) is 0 Å². The Hall–Kier alpha value is -2.81. The molecule has 0 heterocycles. The third-order valence-electron chi connectivity index (χ3n) is 3.29. The SMILES string of the molecule is CC(Oc1ccccc1[N+](=O)[O-])C(=O)Nc1cc(C(F)(F)F)ccc1Cl. The summed E-state index contributed by atoms with van der Waals surface area (Å²) in [5, 5.41) is 13.1. The Bertz CT molecular complexity index is 842. The molecule has 2 rings (SSSR count). The molecule has 1 atom stereocenters. The van der Waals surface area contributed by atoms with Crippen LogP contribution in [-0.4, -0.2) is 16.9 Å². The van der Waals surface area contributed by atoms with E-state index in [-0.39, 0.29) is 22.1 Å². The van der Waals surface area contributed by atoms with Crippen LogP contribution in [0.2, 0.25) is 5.02 Å². The molecule has 2 aromatic rings. The zero-order valence-corrected chi connectivity index (χ0v) is 14.0. The number of nitro groups is 1. The third kappa shape index (κ3) is 4.63. The lowest BCUT2D eigenvalue weighted by Gasteiger charge is -2.16. The molecular weight excluding hydrogens is 377 g/mol. The van der Waals surface area contributed by atoms with Gasteiger partial charge in [-0.3, -0.25) is 14.9 Å². The van der Waals surface area contributed by atoms with Crippen LogP contribution in [0.4, 0.5) is 24.5 Å². The highest BCUT2D eigenvalue weighted by molar-refractivity contribution is 6.33. The molecule has 2 aromatic carbocycles. The number of halogens is 4. The molecule has 1 unspecified atom stereocenters. The van der Waals surface area contributed by atoms with E-state index in [1.54, 1.807) is 0 Å². The van der Waals surface area contributed by atoms with E-state index in [0.29, 0.717) is 6.07 Å².